The van der Waals surface area contributed by atoms with E-state index in [9.17, 15) is 0 Å². The quantitative estimate of drug-likeness (QED) is 0.855. The van der Waals surface area contributed by atoms with Crippen LogP contribution in [0.5, 0.6) is 5.75 Å². The second-order valence-electron chi connectivity index (χ2n) is 4.64. The number of para-hydroxylation sites is 1. The minimum absolute atomic E-state index is 0.468. The van der Waals surface area contributed by atoms with Gasteiger partial charge in [-0.05, 0) is 24.5 Å². The van der Waals surface area contributed by atoms with Crippen molar-refractivity contribution < 1.29 is 4.74 Å². The Balaban J connectivity index is 2.01. The first-order valence-corrected chi connectivity index (χ1v) is 7.42. The molecule has 0 radical (unpaired) electrons. The zero-order valence-electron chi connectivity index (χ0n) is 11.6. The lowest BCUT2D eigenvalue weighted by molar-refractivity contribution is 0.305. The van der Waals surface area contributed by atoms with Crippen molar-refractivity contribution in [3.63, 3.8) is 0 Å². The van der Waals surface area contributed by atoms with Crippen molar-refractivity contribution in [1.29, 1.82) is 0 Å². The molecule has 1 heterocycles. The number of aromatic nitrogens is 1. The Hall–Kier alpha value is -1.55. The summed E-state index contributed by atoms with van der Waals surface area (Å²) in [7, 11) is 0. The van der Waals surface area contributed by atoms with Gasteiger partial charge in [-0.15, -0.1) is 0 Å². The molecular weight excluding hydrogens is 256 g/mol. The van der Waals surface area contributed by atoms with Gasteiger partial charge < -0.3 is 10.1 Å². The van der Waals surface area contributed by atoms with E-state index in [1.54, 1.807) is 11.3 Å². The van der Waals surface area contributed by atoms with Crippen LogP contribution in [0.25, 0.3) is 0 Å². The minimum Gasteiger partial charge on any atom is -0.488 e. The van der Waals surface area contributed by atoms with E-state index >= 15 is 0 Å². The number of anilines is 1. The number of benzene rings is 1. The van der Waals surface area contributed by atoms with Gasteiger partial charge in [-0.1, -0.05) is 43.4 Å². The van der Waals surface area contributed by atoms with Crippen LogP contribution in [0.15, 0.2) is 30.5 Å². The van der Waals surface area contributed by atoms with Crippen molar-refractivity contribution >= 4 is 16.5 Å². The summed E-state index contributed by atoms with van der Waals surface area (Å²) in [5.74, 6) is 1.44. The van der Waals surface area contributed by atoms with Crippen LogP contribution >= 0.6 is 11.3 Å². The van der Waals surface area contributed by atoms with Crippen molar-refractivity contribution in [1.82, 2.24) is 4.98 Å². The zero-order valence-corrected chi connectivity index (χ0v) is 12.5. The van der Waals surface area contributed by atoms with Gasteiger partial charge >= 0.3 is 0 Å². The highest BCUT2D eigenvalue weighted by Crippen LogP contribution is 2.27. The molecular formula is C15H20N2OS. The van der Waals surface area contributed by atoms with Gasteiger partial charge in [0.05, 0.1) is 4.88 Å². The fraction of sp³-hybridized carbons (Fsp3) is 0.400. The molecule has 3 nitrogen and oxygen atoms in total. The SMILES string of the molecule is CCNc1ncc(COc2ccccc2C(C)C)s1. The molecule has 1 N–H and O–H groups in total. The molecule has 0 saturated heterocycles. The zero-order chi connectivity index (χ0) is 13.7. The van der Waals surface area contributed by atoms with Gasteiger partial charge in [0, 0.05) is 12.7 Å². The summed E-state index contributed by atoms with van der Waals surface area (Å²) >= 11 is 1.64. The Morgan fingerprint density at radius 1 is 1.32 bits per heavy atom. The highest BCUT2D eigenvalue weighted by atomic mass is 32.1. The minimum atomic E-state index is 0.468. The normalized spacial score (nSPS) is 10.7. The number of rotatable bonds is 6. The van der Waals surface area contributed by atoms with Crippen LogP contribution in [0, 0.1) is 0 Å². The van der Waals surface area contributed by atoms with Gasteiger partial charge in [0.15, 0.2) is 5.13 Å². The summed E-state index contributed by atoms with van der Waals surface area (Å²) in [5, 5.41) is 4.16. The highest BCUT2D eigenvalue weighted by molar-refractivity contribution is 7.15. The first-order chi connectivity index (χ1) is 9.20. The maximum atomic E-state index is 5.92. The monoisotopic (exact) mass is 276 g/mol. The Bertz CT molecular complexity index is 522. The number of hydrogen-bond acceptors (Lipinski definition) is 4. The molecule has 0 aliphatic heterocycles. The molecule has 2 rings (SSSR count). The number of hydrogen-bond donors (Lipinski definition) is 1. The molecule has 0 spiro atoms. The second-order valence-corrected chi connectivity index (χ2v) is 5.76. The summed E-state index contributed by atoms with van der Waals surface area (Å²) in [6, 6.07) is 8.22. The lowest BCUT2D eigenvalue weighted by Crippen LogP contribution is -1.98. The predicted octanol–water partition coefficient (Wildman–Crippen LogP) is 4.28. The Kier molecular flexibility index (Phi) is 4.80. The van der Waals surface area contributed by atoms with E-state index in [0.29, 0.717) is 12.5 Å². The number of nitrogens with zero attached hydrogens (tertiary/aromatic N) is 1. The van der Waals surface area contributed by atoms with E-state index < -0.39 is 0 Å². The highest BCUT2D eigenvalue weighted by Gasteiger charge is 2.08. The molecule has 0 fully saturated rings. The van der Waals surface area contributed by atoms with Gasteiger partial charge in [-0.3, -0.25) is 0 Å². The molecule has 102 valence electrons. The third kappa shape index (κ3) is 3.70. The van der Waals surface area contributed by atoms with Crippen LogP contribution < -0.4 is 10.1 Å². The molecule has 0 bridgehead atoms. The van der Waals surface area contributed by atoms with Crippen molar-refractivity contribution in [2.75, 3.05) is 11.9 Å². The number of thiazole rings is 1. The average molecular weight is 276 g/mol. The van der Waals surface area contributed by atoms with E-state index in [2.05, 4.69) is 43.2 Å². The third-order valence-corrected chi connectivity index (χ3v) is 3.72. The molecule has 1 aromatic heterocycles. The lowest BCUT2D eigenvalue weighted by Gasteiger charge is -2.12. The fourth-order valence-corrected chi connectivity index (χ4v) is 2.64. The van der Waals surface area contributed by atoms with E-state index in [4.69, 9.17) is 4.74 Å². The van der Waals surface area contributed by atoms with Crippen molar-refractivity contribution in [3.8, 4) is 5.75 Å². The van der Waals surface area contributed by atoms with Crippen LogP contribution in [0.4, 0.5) is 5.13 Å². The second kappa shape index (κ2) is 6.57. The summed E-state index contributed by atoms with van der Waals surface area (Å²) in [6.07, 6.45) is 1.88. The first kappa shape index (κ1) is 13.9. The van der Waals surface area contributed by atoms with E-state index in [1.807, 2.05) is 18.3 Å². The van der Waals surface area contributed by atoms with Crippen LogP contribution in [0.3, 0.4) is 0 Å². The van der Waals surface area contributed by atoms with Gasteiger partial charge in [0.2, 0.25) is 0 Å². The molecule has 0 unspecified atom stereocenters. The van der Waals surface area contributed by atoms with E-state index in [0.717, 1.165) is 22.3 Å². The summed E-state index contributed by atoms with van der Waals surface area (Å²) in [6.45, 7) is 7.89. The topological polar surface area (TPSA) is 34.2 Å². The third-order valence-electron chi connectivity index (χ3n) is 2.79. The largest absolute Gasteiger partial charge is 0.488 e. The molecule has 0 saturated carbocycles. The summed E-state index contributed by atoms with van der Waals surface area (Å²) in [4.78, 5) is 5.44. The lowest BCUT2D eigenvalue weighted by atomic mass is 10.0. The first-order valence-electron chi connectivity index (χ1n) is 6.61. The Labute approximate surface area is 118 Å². The predicted molar refractivity (Wildman–Crippen MR) is 81.1 cm³/mol. The van der Waals surface area contributed by atoms with Crippen LogP contribution in [-0.4, -0.2) is 11.5 Å². The molecule has 0 atom stereocenters. The van der Waals surface area contributed by atoms with E-state index in [-0.39, 0.29) is 0 Å². The molecule has 0 amide bonds. The van der Waals surface area contributed by atoms with Crippen molar-refractivity contribution in [2.24, 2.45) is 0 Å². The molecule has 2 aromatic rings. The fourth-order valence-electron chi connectivity index (χ4n) is 1.85. The molecule has 1 aromatic carbocycles. The van der Waals surface area contributed by atoms with Crippen molar-refractivity contribution in [3.05, 3.63) is 40.9 Å². The summed E-state index contributed by atoms with van der Waals surface area (Å²) < 4.78 is 5.92. The van der Waals surface area contributed by atoms with E-state index in [1.165, 1.54) is 5.56 Å². The van der Waals surface area contributed by atoms with Gasteiger partial charge in [-0.25, -0.2) is 4.98 Å². The number of nitrogens with one attached hydrogen (secondary N) is 1. The molecule has 0 aliphatic rings. The van der Waals surface area contributed by atoms with Crippen LogP contribution in [-0.2, 0) is 6.61 Å². The molecule has 19 heavy (non-hydrogen) atoms. The molecule has 0 aliphatic carbocycles. The standard InChI is InChI=1S/C15H20N2OS/c1-4-16-15-17-9-12(19-15)10-18-14-8-6-5-7-13(14)11(2)3/h5-9,11H,4,10H2,1-3H3,(H,16,17). The van der Waals surface area contributed by atoms with Crippen LogP contribution in [0.1, 0.15) is 37.1 Å². The number of ether oxygens (including phenoxy) is 1. The maximum Gasteiger partial charge on any atom is 0.182 e. The van der Waals surface area contributed by atoms with Gasteiger partial charge in [0.25, 0.3) is 0 Å². The smallest absolute Gasteiger partial charge is 0.182 e. The Morgan fingerprint density at radius 3 is 2.84 bits per heavy atom. The van der Waals surface area contributed by atoms with Crippen LogP contribution in [0.2, 0.25) is 0 Å². The van der Waals surface area contributed by atoms with Crippen molar-refractivity contribution in [2.45, 2.75) is 33.3 Å². The average Bonchev–Trinajstić information content (AvgIpc) is 2.85. The van der Waals surface area contributed by atoms with Gasteiger partial charge in [0.1, 0.15) is 12.4 Å². The van der Waals surface area contributed by atoms with Gasteiger partial charge in [-0.2, -0.15) is 0 Å². The Morgan fingerprint density at radius 2 is 2.11 bits per heavy atom. The summed E-state index contributed by atoms with van der Waals surface area (Å²) in [5.41, 5.74) is 1.25. The maximum absolute atomic E-state index is 5.92. The molecule has 4 heteroatoms.